The SMILES string of the molecule is CC(C)=CCC[C@@H](C)CC1O[C@H]2C[C@H](C)CCC2C(C)(C)O1. The van der Waals surface area contributed by atoms with E-state index in [1.807, 2.05) is 0 Å². The Morgan fingerprint density at radius 3 is 2.68 bits per heavy atom. The van der Waals surface area contributed by atoms with Gasteiger partial charge < -0.3 is 9.47 Å². The predicted octanol–water partition coefficient (Wildman–Crippen LogP) is 5.72. The zero-order valence-corrected chi connectivity index (χ0v) is 15.5. The first-order chi connectivity index (χ1) is 10.3. The zero-order chi connectivity index (χ0) is 16.3. The molecule has 2 fully saturated rings. The Morgan fingerprint density at radius 1 is 1.27 bits per heavy atom. The molecule has 1 saturated heterocycles. The third kappa shape index (κ3) is 4.83. The molecule has 128 valence electrons. The fourth-order valence-electron chi connectivity index (χ4n) is 4.13. The van der Waals surface area contributed by atoms with E-state index in [0.717, 1.165) is 12.3 Å². The van der Waals surface area contributed by atoms with Gasteiger partial charge in [-0.3, -0.25) is 0 Å². The maximum absolute atomic E-state index is 6.36. The van der Waals surface area contributed by atoms with E-state index in [-0.39, 0.29) is 11.9 Å². The van der Waals surface area contributed by atoms with Gasteiger partial charge in [-0.1, -0.05) is 31.9 Å². The van der Waals surface area contributed by atoms with E-state index in [4.69, 9.17) is 9.47 Å². The van der Waals surface area contributed by atoms with Gasteiger partial charge in [-0.15, -0.1) is 0 Å². The van der Waals surface area contributed by atoms with Crippen molar-refractivity contribution < 1.29 is 9.47 Å². The lowest BCUT2D eigenvalue weighted by Crippen LogP contribution is -2.54. The Hall–Kier alpha value is -0.340. The minimum Gasteiger partial charge on any atom is -0.349 e. The molecular formula is C20H36O2. The summed E-state index contributed by atoms with van der Waals surface area (Å²) in [5, 5.41) is 0. The summed E-state index contributed by atoms with van der Waals surface area (Å²) in [5.74, 6) is 2.01. The molecule has 2 unspecified atom stereocenters. The van der Waals surface area contributed by atoms with Crippen LogP contribution in [0.2, 0.25) is 0 Å². The van der Waals surface area contributed by atoms with Gasteiger partial charge in [0.25, 0.3) is 0 Å². The summed E-state index contributed by atoms with van der Waals surface area (Å²) in [4.78, 5) is 0. The molecule has 1 heterocycles. The van der Waals surface area contributed by atoms with Crippen LogP contribution >= 0.6 is 0 Å². The van der Waals surface area contributed by atoms with E-state index in [0.29, 0.717) is 17.9 Å². The van der Waals surface area contributed by atoms with Crippen LogP contribution in [0.4, 0.5) is 0 Å². The van der Waals surface area contributed by atoms with Crippen molar-refractivity contribution in [1.29, 1.82) is 0 Å². The maximum atomic E-state index is 6.36. The van der Waals surface area contributed by atoms with E-state index in [1.165, 1.54) is 37.7 Å². The Balaban J connectivity index is 1.88. The van der Waals surface area contributed by atoms with Crippen molar-refractivity contribution >= 4 is 0 Å². The van der Waals surface area contributed by atoms with Crippen LogP contribution in [0.25, 0.3) is 0 Å². The molecule has 0 aromatic heterocycles. The van der Waals surface area contributed by atoms with Crippen molar-refractivity contribution in [2.75, 3.05) is 0 Å². The van der Waals surface area contributed by atoms with Crippen molar-refractivity contribution in [2.24, 2.45) is 17.8 Å². The average molecular weight is 309 g/mol. The number of hydrogen-bond acceptors (Lipinski definition) is 2. The van der Waals surface area contributed by atoms with Gasteiger partial charge in [-0.25, -0.2) is 0 Å². The monoisotopic (exact) mass is 308 g/mol. The van der Waals surface area contributed by atoms with E-state index in [1.54, 1.807) is 0 Å². The van der Waals surface area contributed by atoms with E-state index >= 15 is 0 Å². The zero-order valence-electron chi connectivity index (χ0n) is 15.5. The minimum absolute atomic E-state index is 0.0109. The van der Waals surface area contributed by atoms with Crippen LogP contribution in [0.5, 0.6) is 0 Å². The molecular weight excluding hydrogens is 272 g/mol. The second-order valence-corrected chi connectivity index (χ2v) is 8.55. The summed E-state index contributed by atoms with van der Waals surface area (Å²) in [6, 6.07) is 0. The first kappa shape index (κ1) is 18.0. The Kier molecular flexibility index (Phi) is 6.13. The summed E-state index contributed by atoms with van der Waals surface area (Å²) < 4.78 is 12.7. The second-order valence-electron chi connectivity index (χ2n) is 8.55. The Labute approximate surface area is 137 Å². The molecule has 0 aromatic rings. The summed E-state index contributed by atoms with van der Waals surface area (Å²) in [6.07, 6.45) is 9.93. The van der Waals surface area contributed by atoms with E-state index in [2.05, 4.69) is 47.6 Å². The number of allylic oxidation sites excluding steroid dienone is 2. The molecule has 0 spiro atoms. The molecule has 2 nitrogen and oxygen atoms in total. The first-order valence-electron chi connectivity index (χ1n) is 9.24. The van der Waals surface area contributed by atoms with Crippen molar-refractivity contribution in [1.82, 2.24) is 0 Å². The lowest BCUT2D eigenvalue weighted by atomic mass is 9.72. The van der Waals surface area contributed by atoms with Gasteiger partial charge in [0.15, 0.2) is 6.29 Å². The van der Waals surface area contributed by atoms with Crippen LogP contribution in [0, 0.1) is 17.8 Å². The third-order valence-electron chi connectivity index (χ3n) is 5.52. The topological polar surface area (TPSA) is 18.5 Å². The highest BCUT2D eigenvalue weighted by Crippen LogP contribution is 2.44. The first-order valence-corrected chi connectivity index (χ1v) is 9.24. The van der Waals surface area contributed by atoms with Gasteiger partial charge in [0.1, 0.15) is 0 Å². The molecule has 2 rings (SSSR count). The number of hydrogen-bond donors (Lipinski definition) is 0. The van der Waals surface area contributed by atoms with Crippen molar-refractivity contribution in [2.45, 2.75) is 98.1 Å². The molecule has 0 amide bonds. The van der Waals surface area contributed by atoms with Gasteiger partial charge >= 0.3 is 0 Å². The summed E-state index contributed by atoms with van der Waals surface area (Å²) in [6.45, 7) is 13.6. The lowest BCUT2D eigenvalue weighted by Gasteiger charge is -2.50. The average Bonchev–Trinajstić information content (AvgIpc) is 2.36. The molecule has 1 aliphatic heterocycles. The van der Waals surface area contributed by atoms with Gasteiger partial charge in [-0.05, 0) is 65.2 Å². The van der Waals surface area contributed by atoms with Gasteiger partial charge in [0.2, 0.25) is 0 Å². The molecule has 1 aliphatic carbocycles. The predicted molar refractivity (Wildman–Crippen MR) is 92.8 cm³/mol. The lowest BCUT2D eigenvalue weighted by molar-refractivity contribution is -0.312. The highest BCUT2D eigenvalue weighted by Gasteiger charge is 2.46. The van der Waals surface area contributed by atoms with Crippen LogP contribution in [0.15, 0.2) is 11.6 Å². The second kappa shape index (κ2) is 7.49. The Morgan fingerprint density at radius 2 is 2.00 bits per heavy atom. The largest absolute Gasteiger partial charge is 0.349 e. The summed E-state index contributed by atoms with van der Waals surface area (Å²) in [7, 11) is 0. The minimum atomic E-state index is -0.0344. The quantitative estimate of drug-likeness (QED) is 0.605. The van der Waals surface area contributed by atoms with Gasteiger partial charge in [-0.2, -0.15) is 0 Å². The van der Waals surface area contributed by atoms with Crippen LogP contribution < -0.4 is 0 Å². The molecule has 22 heavy (non-hydrogen) atoms. The molecule has 2 heteroatoms. The number of rotatable bonds is 5. The van der Waals surface area contributed by atoms with Crippen LogP contribution in [-0.2, 0) is 9.47 Å². The Bertz CT molecular complexity index is 381. The standard InChI is InChI=1S/C20H36O2/c1-14(2)8-7-9-15(3)13-19-21-18-12-16(4)10-11-17(18)20(5,6)22-19/h8,15-19H,7,9-13H2,1-6H3/t15-,16-,17?,18+,19?/m1/s1. The smallest absolute Gasteiger partial charge is 0.158 e. The molecule has 5 atom stereocenters. The third-order valence-corrected chi connectivity index (χ3v) is 5.52. The van der Waals surface area contributed by atoms with Crippen molar-refractivity contribution in [3.05, 3.63) is 11.6 Å². The van der Waals surface area contributed by atoms with Crippen molar-refractivity contribution in [3.63, 3.8) is 0 Å². The van der Waals surface area contributed by atoms with E-state index < -0.39 is 0 Å². The fourth-order valence-corrected chi connectivity index (χ4v) is 4.13. The number of ether oxygens (including phenoxy) is 2. The highest BCUT2D eigenvalue weighted by atomic mass is 16.7. The van der Waals surface area contributed by atoms with Crippen LogP contribution in [-0.4, -0.2) is 18.0 Å². The maximum Gasteiger partial charge on any atom is 0.158 e. The van der Waals surface area contributed by atoms with Gasteiger partial charge in [0, 0.05) is 12.3 Å². The highest BCUT2D eigenvalue weighted by molar-refractivity contribution is 4.94. The number of fused-ring (bicyclic) bond motifs is 1. The molecule has 0 N–H and O–H groups in total. The molecule has 0 bridgehead atoms. The fraction of sp³-hybridized carbons (Fsp3) is 0.900. The molecule has 2 aliphatic rings. The summed E-state index contributed by atoms with van der Waals surface area (Å²) >= 11 is 0. The van der Waals surface area contributed by atoms with Crippen molar-refractivity contribution in [3.8, 4) is 0 Å². The van der Waals surface area contributed by atoms with Crippen LogP contribution in [0.3, 0.4) is 0 Å². The molecule has 0 aromatic carbocycles. The molecule has 0 radical (unpaired) electrons. The van der Waals surface area contributed by atoms with Gasteiger partial charge in [0.05, 0.1) is 11.7 Å². The summed E-state index contributed by atoms with van der Waals surface area (Å²) in [5.41, 5.74) is 1.38. The normalized spacial score (nSPS) is 35.5. The van der Waals surface area contributed by atoms with Crippen LogP contribution in [0.1, 0.15) is 80.1 Å². The van der Waals surface area contributed by atoms with E-state index in [9.17, 15) is 0 Å². The molecule has 1 saturated carbocycles.